The molecule has 7 heteroatoms. The minimum Gasteiger partial charge on any atom is -0.480 e. The SMILES string of the molecule is O=C(O)C1CCN1Cc1ccc2onc(Nc3cccc(-c4ccccc4)c3Cl)c2c1. The van der Waals surface area contributed by atoms with Gasteiger partial charge in [0.25, 0.3) is 0 Å². The van der Waals surface area contributed by atoms with Gasteiger partial charge in [-0.1, -0.05) is 65.3 Å². The van der Waals surface area contributed by atoms with Gasteiger partial charge in [-0.05, 0) is 35.7 Å². The molecule has 0 spiro atoms. The standard InChI is InChI=1S/C24H20ClN3O3/c25-22-17(16-5-2-1-3-6-16)7-4-8-19(22)26-23-18-13-15(9-10-21(18)31-27-23)14-28-12-11-20(28)24(29)30/h1-10,13,20H,11-12,14H2,(H,26,27)(H,29,30). The number of carboxylic acid groups (broad SMARTS) is 1. The van der Waals surface area contributed by atoms with E-state index in [-0.39, 0.29) is 0 Å². The maximum Gasteiger partial charge on any atom is 0.320 e. The first-order valence-corrected chi connectivity index (χ1v) is 10.4. The highest BCUT2D eigenvalue weighted by molar-refractivity contribution is 6.36. The maximum atomic E-state index is 11.3. The van der Waals surface area contributed by atoms with Crippen LogP contribution in [0.3, 0.4) is 0 Å². The second kappa shape index (κ2) is 8.06. The number of halogens is 1. The van der Waals surface area contributed by atoms with Crippen LogP contribution in [-0.4, -0.2) is 33.7 Å². The van der Waals surface area contributed by atoms with Gasteiger partial charge in [-0.25, -0.2) is 0 Å². The van der Waals surface area contributed by atoms with E-state index in [1.807, 2.05) is 71.6 Å². The molecule has 0 aliphatic carbocycles. The molecule has 1 unspecified atom stereocenters. The zero-order valence-electron chi connectivity index (χ0n) is 16.6. The predicted octanol–water partition coefficient (Wildman–Crippen LogP) is 5.55. The highest BCUT2D eigenvalue weighted by Gasteiger charge is 2.33. The van der Waals surface area contributed by atoms with Crippen molar-refractivity contribution in [2.75, 3.05) is 11.9 Å². The molecule has 1 fully saturated rings. The summed E-state index contributed by atoms with van der Waals surface area (Å²) in [6.07, 6.45) is 0.688. The third kappa shape index (κ3) is 3.76. The van der Waals surface area contributed by atoms with Crippen LogP contribution in [-0.2, 0) is 11.3 Å². The van der Waals surface area contributed by atoms with E-state index in [9.17, 15) is 9.90 Å². The smallest absolute Gasteiger partial charge is 0.320 e. The molecule has 0 amide bonds. The zero-order valence-corrected chi connectivity index (χ0v) is 17.3. The lowest BCUT2D eigenvalue weighted by molar-refractivity contribution is -0.148. The summed E-state index contributed by atoms with van der Waals surface area (Å²) in [5.74, 6) is -0.199. The average molecular weight is 434 g/mol. The van der Waals surface area contributed by atoms with Crippen LogP contribution in [0.1, 0.15) is 12.0 Å². The molecule has 2 N–H and O–H groups in total. The molecule has 3 aromatic carbocycles. The van der Waals surface area contributed by atoms with Crippen molar-refractivity contribution in [2.24, 2.45) is 0 Å². The number of benzene rings is 3. The van der Waals surface area contributed by atoms with E-state index in [4.69, 9.17) is 16.1 Å². The van der Waals surface area contributed by atoms with Crippen molar-refractivity contribution in [2.45, 2.75) is 19.0 Å². The fraction of sp³-hybridized carbons (Fsp3) is 0.167. The van der Waals surface area contributed by atoms with E-state index in [1.54, 1.807) is 0 Å². The number of hydrogen-bond acceptors (Lipinski definition) is 5. The molecule has 1 aliphatic heterocycles. The number of aliphatic carboxylic acids is 1. The molecule has 1 aromatic heterocycles. The summed E-state index contributed by atoms with van der Waals surface area (Å²) in [7, 11) is 0. The molecule has 0 saturated carbocycles. The molecule has 1 atom stereocenters. The summed E-state index contributed by atoms with van der Waals surface area (Å²) in [6.45, 7) is 1.35. The Bertz CT molecular complexity index is 1260. The van der Waals surface area contributed by atoms with E-state index in [1.165, 1.54) is 0 Å². The highest BCUT2D eigenvalue weighted by Crippen LogP contribution is 2.36. The van der Waals surface area contributed by atoms with Crippen LogP contribution in [0.15, 0.2) is 71.3 Å². The van der Waals surface area contributed by atoms with Gasteiger partial charge in [0.2, 0.25) is 0 Å². The molecule has 0 radical (unpaired) electrons. The summed E-state index contributed by atoms with van der Waals surface area (Å²) < 4.78 is 5.47. The molecule has 1 aliphatic rings. The third-order valence-corrected chi connectivity index (χ3v) is 6.08. The third-order valence-electron chi connectivity index (χ3n) is 5.67. The Labute approximate surface area is 184 Å². The van der Waals surface area contributed by atoms with Crippen molar-refractivity contribution in [1.29, 1.82) is 0 Å². The van der Waals surface area contributed by atoms with Gasteiger partial charge in [-0.2, -0.15) is 0 Å². The Morgan fingerprint density at radius 1 is 1.16 bits per heavy atom. The van der Waals surface area contributed by atoms with Gasteiger partial charge in [-0.3, -0.25) is 9.69 Å². The fourth-order valence-corrected chi connectivity index (χ4v) is 4.20. The second-order valence-electron chi connectivity index (χ2n) is 7.63. The average Bonchev–Trinajstić information content (AvgIpc) is 3.15. The van der Waals surface area contributed by atoms with Crippen molar-refractivity contribution >= 4 is 40.0 Å². The highest BCUT2D eigenvalue weighted by atomic mass is 35.5. The number of nitrogens with one attached hydrogen (secondary N) is 1. The van der Waals surface area contributed by atoms with E-state index in [0.717, 1.165) is 34.3 Å². The van der Waals surface area contributed by atoms with Crippen LogP contribution in [0.2, 0.25) is 5.02 Å². The monoisotopic (exact) mass is 433 g/mol. The first kappa shape index (κ1) is 19.6. The lowest BCUT2D eigenvalue weighted by atomic mass is 10.0. The first-order chi connectivity index (χ1) is 15.1. The molecular weight excluding hydrogens is 414 g/mol. The minimum atomic E-state index is -0.771. The molecule has 31 heavy (non-hydrogen) atoms. The van der Waals surface area contributed by atoms with Gasteiger partial charge in [0, 0.05) is 18.7 Å². The van der Waals surface area contributed by atoms with Gasteiger partial charge in [0.1, 0.15) is 6.04 Å². The summed E-state index contributed by atoms with van der Waals surface area (Å²) in [5.41, 5.74) is 4.36. The van der Waals surface area contributed by atoms with E-state index < -0.39 is 12.0 Å². The van der Waals surface area contributed by atoms with Crippen molar-refractivity contribution in [3.63, 3.8) is 0 Å². The van der Waals surface area contributed by atoms with Gasteiger partial charge in [0.15, 0.2) is 11.4 Å². The van der Waals surface area contributed by atoms with E-state index in [2.05, 4.69) is 10.5 Å². The fourth-order valence-electron chi connectivity index (χ4n) is 3.92. The lowest BCUT2D eigenvalue weighted by Gasteiger charge is -2.37. The van der Waals surface area contributed by atoms with Crippen LogP contribution in [0, 0.1) is 0 Å². The maximum absolute atomic E-state index is 11.3. The largest absolute Gasteiger partial charge is 0.480 e. The molecule has 156 valence electrons. The van der Waals surface area contributed by atoms with Crippen molar-refractivity contribution in [3.05, 3.63) is 77.3 Å². The molecule has 5 rings (SSSR count). The summed E-state index contributed by atoms with van der Waals surface area (Å²) in [5, 5.41) is 18.2. The summed E-state index contributed by atoms with van der Waals surface area (Å²) in [6, 6.07) is 21.2. The van der Waals surface area contributed by atoms with Crippen LogP contribution >= 0.6 is 11.6 Å². The number of carbonyl (C=O) groups is 1. The Morgan fingerprint density at radius 3 is 2.74 bits per heavy atom. The quantitative estimate of drug-likeness (QED) is 0.415. The van der Waals surface area contributed by atoms with Gasteiger partial charge < -0.3 is 14.9 Å². The lowest BCUT2D eigenvalue weighted by Crippen LogP contribution is -2.51. The molecule has 6 nitrogen and oxygen atoms in total. The number of nitrogens with zero attached hydrogens (tertiary/aromatic N) is 2. The molecular formula is C24H20ClN3O3. The van der Waals surface area contributed by atoms with Crippen molar-refractivity contribution in [1.82, 2.24) is 10.1 Å². The Balaban J connectivity index is 1.43. The number of rotatable bonds is 6. The molecule has 4 aromatic rings. The number of hydrogen-bond donors (Lipinski definition) is 2. The summed E-state index contributed by atoms with van der Waals surface area (Å²) in [4.78, 5) is 13.2. The predicted molar refractivity (Wildman–Crippen MR) is 121 cm³/mol. The van der Waals surface area contributed by atoms with E-state index >= 15 is 0 Å². The second-order valence-corrected chi connectivity index (χ2v) is 8.01. The Morgan fingerprint density at radius 2 is 2.00 bits per heavy atom. The van der Waals surface area contributed by atoms with Crippen molar-refractivity contribution in [3.8, 4) is 11.1 Å². The zero-order chi connectivity index (χ0) is 21.4. The van der Waals surface area contributed by atoms with Gasteiger partial charge in [0.05, 0.1) is 16.1 Å². The van der Waals surface area contributed by atoms with Gasteiger partial charge >= 0.3 is 5.97 Å². The Kier molecular flexibility index (Phi) is 5.10. The summed E-state index contributed by atoms with van der Waals surface area (Å²) >= 11 is 6.70. The first-order valence-electron chi connectivity index (χ1n) is 10.1. The number of fused-ring (bicyclic) bond motifs is 1. The number of anilines is 2. The van der Waals surface area contributed by atoms with Crippen molar-refractivity contribution < 1.29 is 14.4 Å². The Hall–Kier alpha value is -3.35. The normalized spacial score (nSPS) is 16.2. The molecule has 2 heterocycles. The number of carboxylic acids is 1. The van der Waals surface area contributed by atoms with Crippen LogP contribution in [0.4, 0.5) is 11.5 Å². The van der Waals surface area contributed by atoms with Gasteiger partial charge in [-0.15, -0.1) is 0 Å². The number of likely N-dealkylation sites (tertiary alicyclic amines) is 1. The van der Waals surface area contributed by atoms with Crippen LogP contribution in [0.25, 0.3) is 22.1 Å². The topological polar surface area (TPSA) is 78.6 Å². The molecule has 1 saturated heterocycles. The van der Waals surface area contributed by atoms with Crippen LogP contribution < -0.4 is 5.32 Å². The van der Waals surface area contributed by atoms with Crippen LogP contribution in [0.5, 0.6) is 0 Å². The minimum absolute atomic E-state index is 0.407. The van der Waals surface area contributed by atoms with E-state index in [0.29, 0.717) is 29.4 Å². The molecule has 0 bridgehead atoms. The number of aromatic nitrogens is 1.